The fourth-order valence-electron chi connectivity index (χ4n) is 1.50. The van der Waals surface area contributed by atoms with Crippen LogP contribution in [0, 0.1) is 6.57 Å². The molecule has 0 atom stereocenters. The zero-order valence-electron chi connectivity index (χ0n) is 10.5. The summed E-state index contributed by atoms with van der Waals surface area (Å²) >= 11 is 0. The maximum Gasteiger partial charge on any atom is 0.431 e. The molecule has 0 spiro atoms. The summed E-state index contributed by atoms with van der Waals surface area (Å²) in [6, 6.07) is -0.0542. The number of ether oxygens (including phenoxy) is 3. The largest absolute Gasteiger partial charge is 0.472 e. The maximum absolute atomic E-state index is 11.8. The van der Waals surface area contributed by atoms with Crippen LogP contribution in [0.4, 0.5) is 14.4 Å². The Morgan fingerprint density at radius 2 is 1.39 bits per heavy atom. The summed E-state index contributed by atoms with van der Waals surface area (Å²) in [5.41, 5.74) is -2.73. The van der Waals surface area contributed by atoms with Gasteiger partial charge in [-0.3, -0.25) is 14.4 Å². The summed E-state index contributed by atoms with van der Waals surface area (Å²) in [5, 5.41) is 0. The predicted molar refractivity (Wildman–Crippen MR) is 63.9 cm³/mol. The standard InChI is InChI=1S/C10H15NO6Si/c1-11-6-5-7-18(8(12)15-2,9(13)16-3)10(14)17-4/h5-7H2,2-4H3. The number of carbonyl (C=O) groups excluding carboxylic acids is 3. The van der Waals surface area contributed by atoms with Crippen LogP contribution in [-0.4, -0.2) is 52.7 Å². The zero-order valence-corrected chi connectivity index (χ0v) is 11.5. The molecule has 0 rings (SSSR count). The highest BCUT2D eigenvalue weighted by atomic mass is 28.3. The molecule has 0 aliphatic heterocycles. The monoisotopic (exact) mass is 273 g/mol. The van der Waals surface area contributed by atoms with Gasteiger partial charge in [-0.1, -0.05) is 0 Å². The second-order valence-corrected chi connectivity index (χ2v) is 6.90. The summed E-state index contributed by atoms with van der Waals surface area (Å²) in [6.07, 6.45) is 0.231. The SMILES string of the molecule is [C-]#[N+]CCC[Si](C(=O)OC)(C(=O)OC)C(=O)OC. The van der Waals surface area contributed by atoms with Crippen molar-refractivity contribution in [2.45, 2.75) is 12.5 Å². The van der Waals surface area contributed by atoms with Crippen LogP contribution in [-0.2, 0) is 14.2 Å². The van der Waals surface area contributed by atoms with Crippen molar-refractivity contribution in [1.82, 2.24) is 0 Å². The van der Waals surface area contributed by atoms with Crippen LogP contribution in [0.2, 0.25) is 6.04 Å². The molecule has 0 amide bonds. The molecule has 0 bridgehead atoms. The highest BCUT2D eigenvalue weighted by Gasteiger charge is 2.61. The summed E-state index contributed by atoms with van der Waals surface area (Å²) in [6.45, 7) is 6.77. The molecular formula is C10H15NO6Si. The fourth-order valence-corrected chi connectivity index (χ4v) is 4.35. The first-order chi connectivity index (χ1) is 8.50. The molecule has 0 aromatic carbocycles. The first kappa shape index (κ1) is 16.1. The first-order valence-electron chi connectivity index (χ1n) is 5.09. The Hall–Kier alpha value is -1.88. The smallest absolute Gasteiger partial charge is 0.431 e. The van der Waals surface area contributed by atoms with Crippen molar-refractivity contribution in [3.8, 4) is 0 Å². The molecule has 0 saturated heterocycles. The predicted octanol–water partition coefficient (Wildman–Crippen LogP) is 1.79. The number of rotatable bonds is 6. The second-order valence-electron chi connectivity index (χ2n) is 3.37. The van der Waals surface area contributed by atoms with E-state index < -0.39 is 24.9 Å². The molecule has 7 nitrogen and oxygen atoms in total. The van der Waals surface area contributed by atoms with Gasteiger partial charge in [0.05, 0.1) is 21.3 Å². The summed E-state index contributed by atoms with van der Waals surface area (Å²) in [7, 11) is -0.605. The molecule has 0 aromatic heterocycles. The number of nitrogens with zero attached hydrogens (tertiary/aromatic N) is 1. The summed E-state index contributed by atoms with van der Waals surface area (Å²) < 4.78 is 13.6. The lowest BCUT2D eigenvalue weighted by atomic mass is 10.5. The van der Waals surface area contributed by atoms with Crippen LogP contribution in [0.15, 0.2) is 0 Å². The molecule has 0 N–H and O–H groups in total. The average Bonchev–Trinajstić information content (AvgIpc) is 2.41. The molecule has 0 aliphatic rings. The van der Waals surface area contributed by atoms with Crippen LogP contribution >= 0.6 is 0 Å². The first-order valence-corrected chi connectivity index (χ1v) is 7.30. The van der Waals surface area contributed by atoms with Gasteiger partial charge in [-0.2, -0.15) is 0 Å². The molecule has 8 heteroatoms. The number of methoxy groups -OCH3 is 3. The molecule has 0 radical (unpaired) electrons. The molecule has 0 aliphatic carbocycles. The van der Waals surface area contributed by atoms with E-state index >= 15 is 0 Å². The van der Waals surface area contributed by atoms with Crippen molar-refractivity contribution in [2.24, 2.45) is 0 Å². The zero-order chi connectivity index (χ0) is 14.2. The Bertz CT molecular complexity index is 334. The normalized spacial score (nSPS) is 10.1. The minimum absolute atomic E-state index is 0.0542. The van der Waals surface area contributed by atoms with E-state index in [1.54, 1.807) is 0 Å². The molecule has 18 heavy (non-hydrogen) atoms. The topological polar surface area (TPSA) is 83.3 Å². The second kappa shape index (κ2) is 7.44. The van der Waals surface area contributed by atoms with Crippen molar-refractivity contribution in [3.05, 3.63) is 11.4 Å². The third-order valence-corrected chi connectivity index (χ3v) is 6.23. The van der Waals surface area contributed by atoms with Gasteiger partial charge in [0.2, 0.25) is 6.54 Å². The Morgan fingerprint density at radius 3 is 1.67 bits per heavy atom. The van der Waals surface area contributed by atoms with E-state index in [2.05, 4.69) is 19.1 Å². The van der Waals surface area contributed by atoms with Crippen LogP contribution < -0.4 is 0 Å². The number of hydrogen-bond donors (Lipinski definition) is 0. The minimum atomic E-state index is -3.87. The molecule has 0 heterocycles. The number of hydrogen-bond acceptors (Lipinski definition) is 6. The Balaban J connectivity index is 5.41. The van der Waals surface area contributed by atoms with Gasteiger partial charge in [0, 0.05) is 6.42 Å². The third-order valence-electron chi connectivity index (χ3n) is 2.42. The third kappa shape index (κ3) is 3.07. The molecule has 0 aromatic rings. The quantitative estimate of drug-likeness (QED) is 0.317. The lowest BCUT2D eigenvalue weighted by Crippen LogP contribution is -2.59. The molecule has 100 valence electrons. The molecule has 0 saturated carbocycles. The van der Waals surface area contributed by atoms with E-state index in [9.17, 15) is 14.4 Å². The van der Waals surface area contributed by atoms with Crippen molar-refractivity contribution in [1.29, 1.82) is 0 Å². The highest BCUT2D eigenvalue weighted by molar-refractivity contribution is 7.38. The summed E-state index contributed by atoms with van der Waals surface area (Å²) in [5.74, 6) is 0. The number of carbonyl (C=O) groups is 3. The van der Waals surface area contributed by atoms with E-state index in [1.165, 1.54) is 0 Å². The van der Waals surface area contributed by atoms with E-state index in [0.717, 1.165) is 21.3 Å². The van der Waals surface area contributed by atoms with E-state index in [4.69, 9.17) is 6.57 Å². The van der Waals surface area contributed by atoms with E-state index in [0.29, 0.717) is 0 Å². The van der Waals surface area contributed by atoms with Gasteiger partial charge in [0.1, 0.15) is 0 Å². The van der Waals surface area contributed by atoms with Gasteiger partial charge in [0.25, 0.3) is 16.8 Å². The van der Waals surface area contributed by atoms with Gasteiger partial charge < -0.3 is 19.1 Å². The van der Waals surface area contributed by atoms with Crippen molar-refractivity contribution in [2.75, 3.05) is 27.9 Å². The van der Waals surface area contributed by atoms with Gasteiger partial charge in [-0.15, -0.1) is 0 Å². The van der Waals surface area contributed by atoms with Crippen LogP contribution in [0.1, 0.15) is 6.42 Å². The van der Waals surface area contributed by atoms with Gasteiger partial charge in [0.15, 0.2) is 0 Å². The lowest BCUT2D eigenvalue weighted by molar-refractivity contribution is 0.177. The van der Waals surface area contributed by atoms with Gasteiger partial charge >= 0.3 is 8.07 Å². The van der Waals surface area contributed by atoms with E-state index in [-0.39, 0.29) is 19.0 Å². The Morgan fingerprint density at radius 1 is 1.00 bits per heavy atom. The fraction of sp³-hybridized carbons (Fsp3) is 0.600. The maximum atomic E-state index is 11.8. The lowest BCUT2D eigenvalue weighted by Gasteiger charge is -2.21. The van der Waals surface area contributed by atoms with Crippen LogP contribution in [0.3, 0.4) is 0 Å². The minimum Gasteiger partial charge on any atom is -0.472 e. The molecule has 0 unspecified atom stereocenters. The van der Waals surface area contributed by atoms with Gasteiger partial charge in [-0.05, 0) is 6.04 Å². The van der Waals surface area contributed by atoms with Crippen LogP contribution in [0.5, 0.6) is 0 Å². The van der Waals surface area contributed by atoms with Gasteiger partial charge in [-0.25, -0.2) is 6.57 Å². The van der Waals surface area contributed by atoms with E-state index in [1.807, 2.05) is 0 Å². The Labute approximate surface area is 106 Å². The summed E-state index contributed by atoms with van der Waals surface area (Å²) in [4.78, 5) is 38.5. The van der Waals surface area contributed by atoms with Crippen LogP contribution in [0.25, 0.3) is 4.85 Å². The Kier molecular flexibility index (Phi) is 6.67. The van der Waals surface area contributed by atoms with Crippen molar-refractivity contribution < 1.29 is 28.6 Å². The molecular weight excluding hydrogens is 258 g/mol. The molecule has 0 fully saturated rings. The van der Waals surface area contributed by atoms with Crippen molar-refractivity contribution >= 4 is 24.9 Å². The highest BCUT2D eigenvalue weighted by Crippen LogP contribution is 2.21. The van der Waals surface area contributed by atoms with Crippen molar-refractivity contribution in [3.63, 3.8) is 0 Å². The average molecular weight is 273 g/mol.